The number of nitrogens with zero attached hydrogens (tertiary/aromatic N) is 1. The van der Waals surface area contributed by atoms with Gasteiger partial charge >= 0.3 is 0 Å². The van der Waals surface area contributed by atoms with E-state index >= 15 is 0 Å². The van der Waals surface area contributed by atoms with Crippen LogP contribution in [0.2, 0.25) is 0 Å². The van der Waals surface area contributed by atoms with E-state index < -0.39 is 11.6 Å². The molecule has 3 N–H and O–H groups in total. The third-order valence-electron chi connectivity index (χ3n) is 4.71. The van der Waals surface area contributed by atoms with E-state index in [2.05, 4.69) is 28.0 Å². The third-order valence-corrected chi connectivity index (χ3v) is 5.08. The Morgan fingerprint density at radius 1 is 1.09 bits per heavy atom. The molecule has 0 radical (unpaired) electrons. The second-order valence-electron chi connectivity index (χ2n) is 7.33. The fourth-order valence-corrected chi connectivity index (χ4v) is 3.21. The molecule has 2 aromatic rings. The molecule has 9 heteroatoms. The van der Waals surface area contributed by atoms with Gasteiger partial charge < -0.3 is 20.1 Å². The van der Waals surface area contributed by atoms with Crippen LogP contribution < -0.4 is 10.5 Å². The van der Waals surface area contributed by atoms with E-state index in [4.69, 9.17) is 4.74 Å². The molecule has 2 aliphatic rings. The Bertz CT molecular complexity index is 791. The van der Waals surface area contributed by atoms with Crippen molar-refractivity contribution in [3.05, 3.63) is 60.2 Å². The monoisotopic (exact) mass is 483 g/mol. The van der Waals surface area contributed by atoms with E-state index in [0.717, 1.165) is 25.9 Å². The van der Waals surface area contributed by atoms with Gasteiger partial charge in [0.05, 0.1) is 24.8 Å². The maximum Gasteiger partial charge on any atom is 0.225 e. The number of nitrogens with one attached hydrogen (secondary N) is 1. The molecule has 1 unspecified atom stereocenters. The van der Waals surface area contributed by atoms with E-state index in [0.29, 0.717) is 30.6 Å². The van der Waals surface area contributed by atoms with Gasteiger partial charge in [0.1, 0.15) is 11.6 Å². The normalized spacial score (nSPS) is 17.2. The first-order valence-corrected chi connectivity index (χ1v) is 11.2. The number of amides is 1. The van der Waals surface area contributed by atoms with Crippen molar-refractivity contribution in [2.75, 3.05) is 47.6 Å². The minimum absolute atomic E-state index is 0.0353. The van der Waals surface area contributed by atoms with Gasteiger partial charge in [0, 0.05) is 33.2 Å². The third kappa shape index (κ3) is 10.2. The summed E-state index contributed by atoms with van der Waals surface area (Å²) >= 11 is 4.02. The van der Waals surface area contributed by atoms with Crippen molar-refractivity contribution in [2.45, 2.75) is 18.9 Å². The van der Waals surface area contributed by atoms with Crippen LogP contribution in [0.1, 0.15) is 12.8 Å². The summed E-state index contributed by atoms with van der Waals surface area (Å²) in [6.45, 7) is 2.72. The molecule has 1 saturated carbocycles. The zero-order valence-corrected chi connectivity index (χ0v) is 20.4. The molecule has 184 valence electrons. The highest BCUT2D eigenvalue weighted by molar-refractivity contribution is 7.78. The lowest BCUT2D eigenvalue weighted by molar-refractivity contribution is -0.132. The maximum atomic E-state index is 13.3. The highest BCUT2D eigenvalue weighted by atomic mass is 32.1. The summed E-state index contributed by atoms with van der Waals surface area (Å²) in [6.07, 6.45) is 2.13. The first-order valence-electron chi connectivity index (χ1n) is 10.7. The van der Waals surface area contributed by atoms with Crippen molar-refractivity contribution >= 4 is 18.7 Å². The van der Waals surface area contributed by atoms with Crippen molar-refractivity contribution in [1.29, 1.82) is 0 Å². The van der Waals surface area contributed by atoms with Crippen LogP contribution in [0, 0.1) is 17.6 Å². The number of nitrogens with two attached hydrogens (primary N) is 1. The van der Waals surface area contributed by atoms with E-state index in [1.54, 1.807) is 38.5 Å². The van der Waals surface area contributed by atoms with Gasteiger partial charge in [-0.1, -0.05) is 49.2 Å². The van der Waals surface area contributed by atoms with Crippen molar-refractivity contribution < 1.29 is 23.0 Å². The molecular weight excluding hydrogens is 448 g/mol. The largest absolute Gasteiger partial charge is 0.388 e. The van der Waals surface area contributed by atoms with Crippen LogP contribution in [0.4, 0.5) is 8.78 Å². The zero-order chi connectivity index (χ0) is 24.6. The van der Waals surface area contributed by atoms with E-state index in [1.807, 2.05) is 11.0 Å². The van der Waals surface area contributed by atoms with Crippen LogP contribution in [0.15, 0.2) is 48.5 Å². The Kier molecular flexibility index (Phi) is 14.5. The SMILES string of the molecule is CN.COC.Fc1cccc(F)c1-c1ccccc1.O=C(C1CC1)N1CCOCC(NS)C1. The molecule has 0 bridgehead atoms. The summed E-state index contributed by atoms with van der Waals surface area (Å²) in [5, 5.41) is 0. The highest BCUT2D eigenvalue weighted by Gasteiger charge is 2.34. The molecule has 1 heterocycles. The van der Waals surface area contributed by atoms with Crippen LogP contribution in [-0.4, -0.2) is 64.4 Å². The Labute approximate surface area is 201 Å². The highest BCUT2D eigenvalue weighted by Crippen LogP contribution is 2.31. The molecule has 1 aliphatic heterocycles. The van der Waals surface area contributed by atoms with Crippen LogP contribution in [0.25, 0.3) is 11.1 Å². The van der Waals surface area contributed by atoms with Gasteiger partial charge in [0.15, 0.2) is 0 Å². The molecule has 6 nitrogen and oxygen atoms in total. The van der Waals surface area contributed by atoms with Crippen molar-refractivity contribution in [1.82, 2.24) is 9.62 Å². The molecule has 1 saturated heterocycles. The van der Waals surface area contributed by atoms with Gasteiger partial charge in [-0.2, -0.15) is 0 Å². The van der Waals surface area contributed by atoms with Crippen LogP contribution in [0.3, 0.4) is 0 Å². The van der Waals surface area contributed by atoms with Crippen molar-refractivity contribution in [2.24, 2.45) is 11.7 Å². The van der Waals surface area contributed by atoms with Crippen molar-refractivity contribution in [3.63, 3.8) is 0 Å². The summed E-state index contributed by atoms with van der Waals surface area (Å²) in [6, 6.07) is 12.7. The lowest BCUT2D eigenvalue weighted by Gasteiger charge is -2.22. The van der Waals surface area contributed by atoms with E-state index in [9.17, 15) is 13.6 Å². The molecule has 0 aromatic heterocycles. The molecule has 1 amide bonds. The second-order valence-corrected chi connectivity index (χ2v) is 7.59. The Hall–Kier alpha value is -2.04. The fraction of sp³-hybridized carbons (Fsp3) is 0.458. The Morgan fingerprint density at radius 3 is 2.18 bits per heavy atom. The average molecular weight is 484 g/mol. The summed E-state index contributed by atoms with van der Waals surface area (Å²) in [4.78, 5) is 13.7. The molecular formula is C24H35F2N3O3S. The van der Waals surface area contributed by atoms with Crippen molar-refractivity contribution in [3.8, 4) is 11.1 Å². The van der Waals surface area contributed by atoms with Gasteiger partial charge in [-0.3, -0.25) is 9.52 Å². The van der Waals surface area contributed by atoms with Crippen LogP contribution in [0.5, 0.6) is 0 Å². The zero-order valence-electron chi connectivity index (χ0n) is 19.5. The number of methoxy groups -OCH3 is 1. The molecule has 2 aromatic carbocycles. The van der Waals surface area contributed by atoms with Gasteiger partial charge in [-0.15, -0.1) is 0 Å². The van der Waals surface area contributed by atoms with E-state index in [1.165, 1.54) is 25.2 Å². The minimum atomic E-state index is -0.531. The number of hydrogen-bond donors (Lipinski definition) is 3. The predicted octanol–water partition coefficient (Wildman–Crippen LogP) is 3.53. The number of benzene rings is 2. The second kappa shape index (κ2) is 16.6. The molecule has 1 atom stereocenters. The predicted molar refractivity (Wildman–Crippen MR) is 131 cm³/mol. The fourth-order valence-electron chi connectivity index (χ4n) is 3.06. The number of carbonyl (C=O) groups excluding carboxylic acids is 1. The van der Waals surface area contributed by atoms with Gasteiger partial charge in [-0.05, 0) is 37.6 Å². The lowest BCUT2D eigenvalue weighted by atomic mass is 10.0. The summed E-state index contributed by atoms with van der Waals surface area (Å²) in [5.74, 6) is -0.467. The van der Waals surface area contributed by atoms with Crippen LogP contribution >= 0.6 is 12.8 Å². The standard InChI is InChI=1S/C12H8F2.C9H16N2O2S.C2H6O.CH5N/c13-10-7-4-8-11(14)12(10)9-5-2-1-3-6-9;12-9(7-1-2-7)11-3-4-13-6-8(5-11)10-14;1-3-2;1-2/h1-8H;7-8,10,14H,1-6H2;1-2H3;2H2,1H3. The molecule has 2 fully saturated rings. The molecule has 0 spiro atoms. The quantitative estimate of drug-likeness (QED) is 0.583. The Morgan fingerprint density at radius 2 is 1.67 bits per heavy atom. The lowest BCUT2D eigenvalue weighted by Crippen LogP contribution is -2.42. The number of rotatable bonds is 3. The first-order chi connectivity index (χ1) is 16.0. The maximum absolute atomic E-state index is 13.3. The smallest absolute Gasteiger partial charge is 0.225 e. The first kappa shape index (κ1) is 29.0. The molecule has 33 heavy (non-hydrogen) atoms. The number of halogens is 2. The number of ether oxygens (including phenoxy) is 2. The van der Waals surface area contributed by atoms with E-state index in [-0.39, 0.29) is 11.6 Å². The molecule has 4 rings (SSSR count). The number of carbonyl (C=O) groups is 1. The van der Waals surface area contributed by atoms with Crippen LogP contribution in [-0.2, 0) is 14.3 Å². The Balaban J connectivity index is 0.000000277. The minimum Gasteiger partial charge on any atom is -0.388 e. The molecule has 1 aliphatic carbocycles. The summed E-state index contributed by atoms with van der Waals surface area (Å²) in [7, 11) is 4.75. The summed E-state index contributed by atoms with van der Waals surface area (Å²) in [5.41, 5.74) is 5.09. The number of hydrogen-bond acceptors (Lipinski definition) is 6. The average Bonchev–Trinajstić information content (AvgIpc) is 3.69. The summed E-state index contributed by atoms with van der Waals surface area (Å²) < 4.78 is 39.1. The van der Waals surface area contributed by atoms with Gasteiger partial charge in [-0.25, -0.2) is 8.78 Å². The topological polar surface area (TPSA) is 76.8 Å². The van der Waals surface area contributed by atoms with Gasteiger partial charge in [0.2, 0.25) is 5.91 Å². The number of thiol groups is 1. The van der Waals surface area contributed by atoms with Gasteiger partial charge in [0.25, 0.3) is 0 Å².